The standard InChI is InChI=1S/C17H16N2O/c1-19(2)13-9-7-12(8-10-13)11-16-17(20)14-5-3-4-6-15(14)18-16/h3-11,18H,1-2H3/b16-11-. The van der Waals surface area contributed by atoms with Gasteiger partial charge in [0.1, 0.15) is 0 Å². The van der Waals surface area contributed by atoms with E-state index in [1.165, 1.54) is 0 Å². The van der Waals surface area contributed by atoms with E-state index in [1.54, 1.807) is 0 Å². The Kier molecular flexibility index (Phi) is 3.03. The lowest BCUT2D eigenvalue weighted by Crippen LogP contribution is -2.08. The summed E-state index contributed by atoms with van der Waals surface area (Å²) in [5.74, 6) is 0.0530. The Morgan fingerprint density at radius 2 is 1.70 bits per heavy atom. The fourth-order valence-corrected chi connectivity index (χ4v) is 2.27. The molecule has 0 radical (unpaired) electrons. The summed E-state index contributed by atoms with van der Waals surface area (Å²) in [6.45, 7) is 0. The summed E-state index contributed by atoms with van der Waals surface area (Å²) in [5, 5.41) is 3.17. The number of carbonyl (C=O) groups is 1. The highest BCUT2D eigenvalue weighted by molar-refractivity contribution is 6.20. The maximum atomic E-state index is 12.2. The summed E-state index contributed by atoms with van der Waals surface area (Å²) < 4.78 is 0. The molecule has 0 aliphatic carbocycles. The van der Waals surface area contributed by atoms with Gasteiger partial charge in [0.15, 0.2) is 0 Å². The molecule has 3 rings (SSSR count). The first-order chi connectivity index (χ1) is 9.65. The zero-order valence-electron chi connectivity index (χ0n) is 11.6. The number of benzene rings is 2. The number of hydrogen-bond donors (Lipinski definition) is 1. The van der Waals surface area contributed by atoms with Crippen LogP contribution in [0.5, 0.6) is 0 Å². The van der Waals surface area contributed by atoms with Crippen molar-refractivity contribution in [3.05, 3.63) is 65.4 Å². The predicted octanol–water partition coefficient (Wildman–Crippen LogP) is 3.40. The van der Waals surface area contributed by atoms with E-state index in [-0.39, 0.29) is 5.78 Å². The summed E-state index contributed by atoms with van der Waals surface area (Å²) in [7, 11) is 4.01. The molecule has 0 saturated carbocycles. The summed E-state index contributed by atoms with van der Waals surface area (Å²) in [6.07, 6.45) is 1.89. The van der Waals surface area contributed by atoms with E-state index >= 15 is 0 Å². The van der Waals surface area contributed by atoms with E-state index in [0.29, 0.717) is 5.70 Å². The normalized spacial score (nSPS) is 15.1. The molecule has 1 N–H and O–H groups in total. The lowest BCUT2D eigenvalue weighted by molar-refractivity contribution is 0.104. The molecule has 0 bridgehead atoms. The Balaban J connectivity index is 1.89. The van der Waals surface area contributed by atoms with Crippen LogP contribution in [0.3, 0.4) is 0 Å². The molecule has 1 aliphatic rings. The van der Waals surface area contributed by atoms with Crippen molar-refractivity contribution in [3.8, 4) is 0 Å². The SMILES string of the molecule is CN(C)c1ccc(/C=C2\Nc3ccccc3C2=O)cc1. The van der Waals surface area contributed by atoms with Gasteiger partial charge in [-0.05, 0) is 35.9 Å². The third-order valence-corrected chi connectivity index (χ3v) is 3.41. The van der Waals surface area contributed by atoms with E-state index in [0.717, 1.165) is 22.5 Å². The fraction of sp³-hybridized carbons (Fsp3) is 0.118. The topological polar surface area (TPSA) is 32.3 Å². The van der Waals surface area contributed by atoms with Gasteiger partial charge in [-0.1, -0.05) is 24.3 Å². The molecule has 20 heavy (non-hydrogen) atoms. The van der Waals surface area contributed by atoms with Gasteiger partial charge in [-0.25, -0.2) is 0 Å². The molecular weight excluding hydrogens is 248 g/mol. The molecule has 0 atom stereocenters. The van der Waals surface area contributed by atoms with Gasteiger partial charge in [0.05, 0.1) is 5.70 Å². The second kappa shape index (κ2) is 4.85. The lowest BCUT2D eigenvalue weighted by Gasteiger charge is -2.11. The number of nitrogens with one attached hydrogen (secondary N) is 1. The molecule has 0 amide bonds. The van der Waals surface area contributed by atoms with Crippen LogP contribution in [0, 0.1) is 0 Å². The highest BCUT2D eigenvalue weighted by Gasteiger charge is 2.23. The van der Waals surface area contributed by atoms with Crippen LogP contribution in [-0.2, 0) is 0 Å². The van der Waals surface area contributed by atoms with Gasteiger partial charge in [-0.15, -0.1) is 0 Å². The molecule has 2 aromatic rings. The van der Waals surface area contributed by atoms with Crippen molar-refractivity contribution in [1.29, 1.82) is 0 Å². The number of carbonyl (C=O) groups excluding carboxylic acids is 1. The number of Topliss-reactive ketones (excluding diaryl/α,β-unsaturated/α-hetero) is 1. The Morgan fingerprint density at radius 1 is 1.00 bits per heavy atom. The number of hydrogen-bond acceptors (Lipinski definition) is 3. The summed E-state index contributed by atoms with van der Waals surface area (Å²) in [5.41, 5.74) is 4.40. The Bertz CT molecular complexity index is 684. The van der Waals surface area contributed by atoms with Gasteiger partial charge in [0, 0.05) is 31.0 Å². The Labute approximate surface area is 118 Å². The minimum absolute atomic E-state index is 0.0530. The minimum Gasteiger partial charge on any atom is -0.378 e. The molecule has 0 saturated heterocycles. The van der Waals surface area contributed by atoms with Crippen LogP contribution in [0.25, 0.3) is 6.08 Å². The van der Waals surface area contributed by atoms with E-state index in [4.69, 9.17) is 0 Å². The molecule has 2 aromatic carbocycles. The number of rotatable bonds is 2. The van der Waals surface area contributed by atoms with Crippen LogP contribution in [0.15, 0.2) is 54.2 Å². The van der Waals surface area contributed by atoms with Crippen LogP contribution in [-0.4, -0.2) is 19.9 Å². The van der Waals surface area contributed by atoms with Gasteiger partial charge in [0.2, 0.25) is 5.78 Å². The highest BCUT2D eigenvalue weighted by atomic mass is 16.1. The van der Waals surface area contributed by atoms with E-state index in [2.05, 4.69) is 5.32 Å². The summed E-state index contributed by atoms with van der Waals surface area (Å²) >= 11 is 0. The minimum atomic E-state index is 0.0530. The van der Waals surface area contributed by atoms with Crippen molar-refractivity contribution >= 4 is 23.2 Å². The Hall–Kier alpha value is -2.55. The first-order valence-corrected chi connectivity index (χ1v) is 6.55. The molecule has 0 spiro atoms. The average Bonchev–Trinajstić information content (AvgIpc) is 2.77. The van der Waals surface area contributed by atoms with Crippen molar-refractivity contribution < 1.29 is 4.79 Å². The largest absolute Gasteiger partial charge is 0.378 e. The summed E-state index contributed by atoms with van der Waals surface area (Å²) in [6, 6.07) is 15.7. The Morgan fingerprint density at radius 3 is 2.35 bits per heavy atom. The van der Waals surface area contributed by atoms with E-state index < -0.39 is 0 Å². The second-order valence-corrected chi connectivity index (χ2v) is 5.04. The van der Waals surface area contributed by atoms with Gasteiger partial charge in [-0.2, -0.15) is 0 Å². The van der Waals surface area contributed by atoms with Crippen LogP contribution in [0.1, 0.15) is 15.9 Å². The zero-order chi connectivity index (χ0) is 14.1. The number of ketones is 1. The first kappa shape index (κ1) is 12.5. The van der Waals surface area contributed by atoms with Crippen molar-refractivity contribution in [2.45, 2.75) is 0 Å². The summed E-state index contributed by atoms with van der Waals surface area (Å²) in [4.78, 5) is 14.3. The molecule has 0 unspecified atom stereocenters. The molecule has 1 heterocycles. The average molecular weight is 264 g/mol. The number of allylic oxidation sites excluding steroid dienone is 1. The van der Waals surface area contributed by atoms with Crippen LogP contribution in [0.2, 0.25) is 0 Å². The number of anilines is 2. The number of para-hydroxylation sites is 1. The monoisotopic (exact) mass is 264 g/mol. The quantitative estimate of drug-likeness (QED) is 0.844. The third-order valence-electron chi connectivity index (χ3n) is 3.41. The third kappa shape index (κ3) is 2.18. The van der Waals surface area contributed by atoms with Crippen molar-refractivity contribution in [2.75, 3.05) is 24.3 Å². The molecule has 100 valence electrons. The van der Waals surface area contributed by atoms with Crippen molar-refractivity contribution in [1.82, 2.24) is 0 Å². The van der Waals surface area contributed by atoms with Crippen LogP contribution >= 0.6 is 0 Å². The maximum absolute atomic E-state index is 12.2. The van der Waals surface area contributed by atoms with Crippen LogP contribution in [0.4, 0.5) is 11.4 Å². The van der Waals surface area contributed by atoms with Gasteiger partial charge < -0.3 is 10.2 Å². The van der Waals surface area contributed by atoms with Crippen molar-refractivity contribution in [2.24, 2.45) is 0 Å². The molecule has 1 aliphatic heterocycles. The smallest absolute Gasteiger partial charge is 0.211 e. The van der Waals surface area contributed by atoms with E-state index in [9.17, 15) is 4.79 Å². The molecule has 3 nitrogen and oxygen atoms in total. The molecule has 0 fully saturated rings. The maximum Gasteiger partial charge on any atom is 0.211 e. The fourth-order valence-electron chi connectivity index (χ4n) is 2.27. The van der Waals surface area contributed by atoms with Crippen LogP contribution < -0.4 is 10.2 Å². The lowest BCUT2D eigenvalue weighted by atomic mass is 10.1. The predicted molar refractivity (Wildman–Crippen MR) is 83.1 cm³/mol. The van der Waals surface area contributed by atoms with E-state index in [1.807, 2.05) is 73.6 Å². The van der Waals surface area contributed by atoms with Gasteiger partial charge in [0.25, 0.3) is 0 Å². The van der Waals surface area contributed by atoms with Gasteiger partial charge >= 0.3 is 0 Å². The highest BCUT2D eigenvalue weighted by Crippen LogP contribution is 2.28. The number of fused-ring (bicyclic) bond motifs is 1. The molecule has 0 aromatic heterocycles. The van der Waals surface area contributed by atoms with Crippen molar-refractivity contribution in [3.63, 3.8) is 0 Å². The van der Waals surface area contributed by atoms with Gasteiger partial charge in [-0.3, -0.25) is 4.79 Å². The molecular formula is C17H16N2O. The second-order valence-electron chi connectivity index (χ2n) is 5.04. The molecule has 3 heteroatoms. The zero-order valence-corrected chi connectivity index (χ0v) is 11.6. The number of nitrogens with zero attached hydrogens (tertiary/aromatic N) is 1. The first-order valence-electron chi connectivity index (χ1n) is 6.55.